The minimum absolute atomic E-state index is 0.139. The SMILES string of the molecule is CCCNC(C)c1cccc(OCCOC(F)(F)F)c1. The maximum Gasteiger partial charge on any atom is 0.522 e. The topological polar surface area (TPSA) is 30.5 Å². The third kappa shape index (κ3) is 6.77. The van der Waals surface area contributed by atoms with Crippen LogP contribution in [0.15, 0.2) is 24.3 Å². The van der Waals surface area contributed by atoms with Crippen molar-refractivity contribution in [2.24, 2.45) is 0 Å². The van der Waals surface area contributed by atoms with Crippen molar-refractivity contribution in [1.29, 1.82) is 0 Å². The van der Waals surface area contributed by atoms with Crippen LogP contribution >= 0.6 is 0 Å². The summed E-state index contributed by atoms with van der Waals surface area (Å²) in [6.07, 6.45) is -3.57. The zero-order valence-corrected chi connectivity index (χ0v) is 11.7. The number of hydrogen-bond acceptors (Lipinski definition) is 3. The van der Waals surface area contributed by atoms with Crippen molar-refractivity contribution in [3.8, 4) is 5.75 Å². The van der Waals surface area contributed by atoms with E-state index in [2.05, 4.69) is 17.0 Å². The van der Waals surface area contributed by atoms with Gasteiger partial charge in [0.2, 0.25) is 0 Å². The molecule has 0 fully saturated rings. The highest BCUT2D eigenvalue weighted by atomic mass is 19.4. The van der Waals surface area contributed by atoms with E-state index in [0.29, 0.717) is 5.75 Å². The first-order chi connectivity index (χ1) is 9.42. The molecule has 1 unspecified atom stereocenters. The molecule has 1 atom stereocenters. The summed E-state index contributed by atoms with van der Waals surface area (Å²) in [6.45, 7) is 4.37. The Kier molecular flexibility index (Phi) is 6.81. The molecule has 3 nitrogen and oxygen atoms in total. The van der Waals surface area contributed by atoms with E-state index in [9.17, 15) is 13.2 Å². The molecule has 0 saturated heterocycles. The van der Waals surface area contributed by atoms with Gasteiger partial charge in [0, 0.05) is 6.04 Å². The van der Waals surface area contributed by atoms with Crippen molar-refractivity contribution in [1.82, 2.24) is 5.32 Å². The Bertz CT molecular complexity index is 396. The van der Waals surface area contributed by atoms with Crippen molar-refractivity contribution in [2.75, 3.05) is 19.8 Å². The minimum atomic E-state index is -4.61. The maximum atomic E-state index is 11.8. The Labute approximate surface area is 117 Å². The van der Waals surface area contributed by atoms with Gasteiger partial charge in [-0.2, -0.15) is 0 Å². The summed E-state index contributed by atoms with van der Waals surface area (Å²) < 4.78 is 44.2. The van der Waals surface area contributed by atoms with Gasteiger partial charge in [0.05, 0.1) is 6.61 Å². The zero-order chi connectivity index (χ0) is 15.0. The molecule has 0 amide bonds. The number of halogens is 3. The fraction of sp³-hybridized carbons (Fsp3) is 0.571. The summed E-state index contributed by atoms with van der Waals surface area (Å²) in [6, 6.07) is 7.47. The molecular weight excluding hydrogens is 271 g/mol. The molecule has 0 aliphatic rings. The molecule has 6 heteroatoms. The Morgan fingerprint density at radius 2 is 2.00 bits per heavy atom. The molecule has 20 heavy (non-hydrogen) atoms. The number of rotatable bonds is 8. The third-order valence-electron chi connectivity index (χ3n) is 2.68. The Morgan fingerprint density at radius 3 is 2.65 bits per heavy atom. The van der Waals surface area contributed by atoms with Gasteiger partial charge in [0.1, 0.15) is 12.4 Å². The van der Waals surface area contributed by atoms with Crippen LogP contribution in [0.2, 0.25) is 0 Å². The number of ether oxygens (including phenoxy) is 2. The van der Waals surface area contributed by atoms with E-state index < -0.39 is 13.0 Å². The lowest BCUT2D eigenvalue weighted by Gasteiger charge is -2.15. The van der Waals surface area contributed by atoms with Gasteiger partial charge in [0.15, 0.2) is 0 Å². The third-order valence-corrected chi connectivity index (χ3v) is 2.68. The molecule has 1 rings (SSSR count). The monoisotopic (exact) mass is 291 g/mol. The first-order valence-corrected chi connectivity index (χ1v) is 6.59. The van der Waals surface area contributed by atoms with E-state index in [1.54, 1.807) is 6.07 Å². The van der Waals surface area contributed by atoms with Crippen LogP contribution < -0.4 is 10.1 Å². The van der Waals surface area contributed by atoms with Gasteiger partial charge in [0.25, 0.3) is 0 Å². The molecule has 1 aromatic rings. The second-order valence-electron chi connectivity index (χ2n) is 4.39. The Morgan fingerprint density at radius 1 is 1.25 bits per heavy atom. The summed E-state index contributed by atoms with van der Waals surface area (Å²) in [7, 11) is 0. The lowest BCUT2D eigenvalue weighted by molar-refractivity contribution is -0.325. The standard InChI is InChI=1S/C14H20F3NO2/c1-3-7-18-11(2)12-5-4-6-13(10-12)19-8-9-20-14(15,16)17/h4-6,10-11,18H,3,7-9H2,1-2H3. The summed E-state index contributed by atoms with van der Waals surface area (Å²) in [5.41, 5.74) is 1.03. The average molecular weight is 291 g/mol. The van der Waals surface area contributed by atoms with Gasteiger partial charge in [-0.25, -0.2) is 0 Å². The number of nitrogens with one attached hydrogen (secondary N) is 1. The Balaban J connectivity index is 2.43. The Hall–Kier alpha value is -1.27. The quantitative estimate of drug-likeness (QED) is 0.741. The molecule has 0 saturated carbocycles. The van der Waals surface area contributed by atoms with E-state index in [1.165, 1.54) is 0 Å². The number of hydrogen-bond donors (Lipinski definition) is 1. The van der Waals surface area contributed by atoms with Crippen molar-refractivity contribution in [3.05, 3.63) is 29.8 Å². The fourth-order valence-electron chi connectivity index (χ4n) is 1.67. The van der Waals surface area contributed by atoms with Crippen LogP contribution in [-0.2, 0) is 4.74 Å². The van der Waals surface area contributed by atoms with E-state index in [1.807, 2.05) is 25.1 Å². The van der Waals surface area contributed by atoms with E-state index in [4.69, 9.17) is 4.74 Å². The lowest BCUT2D eigenvalue weighted by Crippen LogP contribution is -2.19. The van der Waals surface area contributed by atoms with Gasteiger partial charge in [-0.1, -0.05) is 19.1 Å². The molecule has 1 aromatic carbocycles. The van der Waals surface area contributed by atoms with Gasteiger partial charge in [-0.05, 0) is 37.6 Å². The highest BCUT2D eigenvalue weighted by Gasteiger charge is 2.28. The van der Waals surface area contributed by atoms with Gasteiger partial charge in [-0.15, -0.1) is 13.2 Å². The van der Waals surface area contributed by atoms with Crippen LogP contribution in [0.5, 0.6) is 5.75 Å². The minimum Gasteiger partial charge on any atom is -0.491 e. The van der Waals surface area contributed by atoms with Crippen LogP contribution in [0.3, 0.4) is 0 Å². The second kappa shape index (κ2) is 8.11. The molecule has 1 N–H and O–H groups in total. The summed E-state index contributed by atoms with van der Waals surface area (Å²) in [4.78, 5) is 0. The van der Waals surface area contributed by atoms with Crippen LogP contribution in [-0.4, -0.2) is 26.1 Å². The predicted octanol–water partition coefficient (Wildman–Crippen LogP) is 3.66. The van der Waals surface area contributed by atoms with Crippen molar-refractivity contribution < 1.29 is 22.6 Å². The van der Waals surface area contributed by atoms with Crippen LogP contribution in [0, 0.1) is 0 Å². The van der Waals surface area contributed by atoms with E-state index >= 15 is 0 Å². The van der Waals surface area contributed by atoms with Crippen molar-refractivity contribution >= 4 is 0 Å². The first-order valence-electron chi connectivity index (χ1n) is 6.59. The van der Waals surface area contributed by atoms with Crippen molar-refractivity contribution in [3.63, 3.8) is 0 Å². The predicted molar refractivity (Wildman–Crippen MR) is 70.7 cm³/mol. The molecule has 0 heterocycles. The largest absolute Gasteiger partial charge is 0.522 e. The smallest absolute Gasteiger partial charge is 0.491 e. The molecule has 0 aliphatic heterocycles. The fourth-order valence-corrected chi connectivity index (χ4v) is 1.67. The normalized spacial score (nSPS) is 13.2. The lowest BCUT2D eigenvalue weighted by atomic mass is 10.1. The molecular formula is C14H20F3NO2. The second-order valence-corrected chi connectivity index (χ2v) is 4.39. The highest BCUT2D eigenvalue weighted by Crippen LogP contribution is 2.20. The average Bonchev–Trinajstić information content (AvgIpc) is 2.40. The maximum absolute atomic E-state index is 11.8. The summed E-state index contributed by atoms with van der Waals surface area (Å²) in [5.74, 6) is 0.540. The summed E-state index contributed by atoms with van der Waals surface area (Å²) in [5, 5.41) is 3.33. The molecule has 0 aliphatic carbocycles. The molecule has 114 valence electrons. The van der Waals surface area contributed by atoms with Gasteiger partial charge in [-0.3, -0.25) is 4.74 Å². The molecule has 0 aromatic heterocycles. The van der Waals surface area contributed by atoms with E-state index in [-0.39, 0.29) is 12.6 Å². The summed E-state index contributed by atoms with van der Waals surface area (Å²) >= 11 is 0. The van der Waals surface area contributed by atoms with E-state index in [0.717, 1.165) is 18.5 Å². The van der Waals surface area contributed by atoms with Gasteiger partial charge >= 0.3 is 6.36 Å². The number of alkyl halides is 3. The van der Waals surface area contributed by atoms with Crippen LogP contribution in [0.25, 0.3) is 0 Å². The highest BCUT2D eigenvalue weighted by molar-refractivity contribution is 5.30. The van der Waals surface area contributed by atoms with Gasteiger partial charge < -0.3 is 10.1 Å². The molecule has 0 radical (unpaired) electrons. The number of benzene rings is 1. The molecule has 0 bridgehead atoms. The molecule has 0 spiro atoms. The van der Waals surface area contributed by atoms with Crippen LogP contribution in [0.1, 0.15) is 31.9 Å². The first kappa shape index (κ1) is 16.8. The zero-order valence-electron chi connectivity index (χ0n) is 11.7. The van der Waals surface area contributed by atoms with Crippen LogP contribution in [0.4, 0.5) is 13.2 Å². The van der Waals surface area contributed by atoms with Crippen molar-refractivity contribution in [2.45, 2.75) is 32.7 Å².